The molecule has 2 bridgehead atoms. The molecule has 0 radical (unpaired) electrons. The molecular formula is C16H18O3S. The Morgan fingerprint density at radius 3 is 2.45 bits per heavy atom. The highest BCUT2D eigenvalue weighted by molar-refractivity contribution is 8.00. The van der Waals surface area contributed by atoms with Gasteiger partial charge in [-0.3, -0.25) is 4.79 Å². The molecule has 0 unspecified atom stereocenters. The predicted molar refractivity (Wildman–Crippen MR) is 78.6 cm³/mol. The standard InChI is InChI=1S/C16H18O3S/c1-18-16(19-2)11-8-9-13(15(16)17)14(10-11)20-12-6-4-3-5-7-12/h3-9,11,13-14H,10H2,1-2H3/t11-,13+,14+/m1/s1. The Morgan fingerprint density at radius 1 is 1.15 bits per heavy atom. The second-order valence-electron chi connectivity index (χ2n) is 5.16. The van der Waals surface area contributed by atoms with E-state index in [1.807, 2.05) is 24.3 Å². The summed E-state index contributed by atoms with van der Waals surface area (Å²) >= 11 is 1.77. The minimum Gasteiger partial charge on any atom is -0.347 e. The third-order valence-electron chi connectivity index (χ3n) is 4.21. The largest absolute Gasteiger partial charge is 0.347 e. The number of thioether (sulfide) groups is 1. The van der Waals surface area contributed by atoms with E-state index in [2.05, 4.69) is 18.2 Å². The van der Waals surface area contributed by atoms with Crippen LogP contribution in [0.5, 0.6) is 0 Å². The van der Waals surface area contributed by atoms with Crippen molar-refractivity contribution in [1.29, 1.82) is 0 Å². The quantitative estimate of drug-likeness (QED) is 0.631. The van der Waals surface area contributed by atoms with Crippen LogP contribution in [0.25, 0.3) is 0 Å². The van der Waals surface area contributed by atoms with Crippen LogP contribution in [0.2, 0.25) is 0 Å². The molecule has 1 fully saturated rings. The van der Waals surface area contributed by atoms with E-state index in [0.717, 1.165) is 6.42 Å². The van der Waals surface area contributed by atoms with Gasteiger partial charge >= 0.3 is 0 Å². The lowest BCUT2D eigenvalue weighted by molar-refractivity contribution is -0.234. The molecule has 1 aromatic carbocycles. The fourth-order valence-corrected chi connectivity index (χ4v) is 4.52. The van der Waals surface area contributed by atoms with Crippen molar-refractivity contribution < 1.29 is 14.3 Å². The van der Waals surface area contributed by atoms with Gasteiger partial charge in [-0.25, -0.2) is 0 Å². The normalized spacial score (nSPS) is 30.7. The van der Waals surface area contributed by atoms with E-state index >= 15 is 0 Å². The molecule has 0 spiro atoms. The van der Waals surface area contributed by atoms with E-state index in [1.54, 1.807) is 26.0 Å². The fourth-order valence-electron chi connectivity index (χ4n) is 3.19. The van der Waals surface area contributed by atoms with E-state index in [4.69, 9.17) is 9.47 Å². The molecule has 0 aliphatic heterocycles. The summed E-state index contributed by atoms with van der Waals surface area (Å²) in [6.45, 7) is 0. The van der Waals surface area contributed by atoms with Crippen molar-refractivity contribution in [3.8, 4) is 0 Å². The first-order valence-electron chi connectivity index (χ1n) is 6.76. The molecule has 20 heavy (non-hydrogen) atoms. The molecule has 3 atom stereocenters. The minimum atomic E-state index is -1.08. The van der Waals surface area contributed by atoms with Crippen LogP contribution in [0.15, 0.2) is 47.4 Å². The third kappa shape index (κ3) is 2.03. The van der Waals surface area contributed by atoms with Crippen LogP contribution in [0.3, 0.4) is 0 Å². The number of allylic oxidation sites excluding steroid dienone is 1. The lowest BCUT2D eigenvalue weighted by Gasteiger charge is -2.47. The zero-order chi connectivity index (χ0) is 14.2. The third-order valence-corrected chi connectivity index (χ3v) is 5.54. The molecular weight excluding hydrogens is 272 g/mol. The SMILES string of the molecule is COC1(OC)C(=O)[C@H]2C=C[C@@H]1C[C@@H]2Sc1ccccc1. The molecule has 1 saturated carbocycles. The highest BCUT2D eigenvalue weighted by Gasteiger charge is 2.57. The number of benzene rings is 1. The second-order valence-corrected chi connectivity index (χ2v) is 6.47. The Kier molecular flexibility index (Phi) is 3.71. The summed E-state index contributed by atoms with van der Waals surface area (Å²) in [5, 5.41) is 0.262. The molecule has 3 nitrogen and oxygen atoms in total. The fraction of sp³-hybridized carbons (Fsp3) is 0.438. The Bertz CT molecular complexity index is 522. The van der Waals surface area contributed by atoms with E-state index in [-0.39, 0.29) is 22.9 Å². The van der Waals surface area contributed by atoms with Crippen LogP contribution in [0, 0.1) is 11.8 Å². The van der Waals surface area contributed by atoms with Gasteiger partial charge in [-0.1, -0.05) is 30.4 Å². The summed E-state index contributed by atoms with van der Waals surface area (Å²) in [5.74, 6) is -1.16. The van der Waals surface area contributed by atoms with E-state index in [0.29, 0.717) is 0 Å². The van der Waals surface area contributed by atoms with Gasteiger partial charge in [0.05, 0.1) is 5.92 Å². The van der Waals surface area contributed by atoms with E-state index in [1.165, 1.54) is 4.90 Å². The summed E-state index contributed by atoms with van der Waals surface area (Å²) < 4.78 is 10.9. The van der Waals surface area contributed by atoms with Gasteiger partial charge in [0.1, 0.15) is 0 Å². The minimum absolute atomic E-state index is 0.00351. The number of hydrogen-bond donors (Lipinski definition) is 0. The van der Waals surface area contributed by atoms with Crippen LogP contribution in [-0.2, 0) is 14.3 Å². The summed E-state index contributed by atoms with van der Waals surface area (Å²) in [7, 11) is 3.10. The average molecular weight is 290 g/mol. The van der Waals surface area contributed by atoms with Crippen molar-refractivity contribution in [1.82, 2.24) is 0 Å². The molecule has 0 saturated heterocycles. The lowest BCUT2D eigenvalue weighted by Crippen LogP contribution is -2.59. The topological polar surface area (TPSA) is 35.5 Å². The van der Waals surface area contributed by atoms with Crippen molar-refractivity contribution in [3.05, 3.63) is 42.5 Å². The summed E-state index contributed by atoms with van der Waals surface area (Å²) in [6, 6.07) is 10.2. The molecule has 3 aliphatic rings. The van der Waals surface area contributed by atoms with Gasteiger partial charge in [0, 0.05) is 30.3 Å². The number of methoxy groups -OCH3 is 2. The molecule has 0 amide bonds. The zero-order valence-corrected chi connectivity index (χ0v) is 12.4. The molecule has 0 N–H and O–H groups in total. The molecule has 0 aromatic heterocycles. The number of rotatable bonds is 4. The van der Waals surface area contributed by atoms with Crippen LogP contribution in [-0.4, -0.2) is 31.0 Å². The van der Waals surface area contributed by atoms with Gasteiger partial charge in [-0.15, -0.1) is 11.8 Å². The van der Waals surface area contributed by atoms with Crippen LogP contribution < -0.4 is 0 Å². The van der Waals surface area contributed by atoms with Gasteiger partial charge < -0.3 is 9.47 Å². The van der Waals surface area contributed by atoms with Crippen molar-refractivity contribution in [2.45, 2.75) is 22.4 Å². The Morgan fingerprint density at radius 2 is 1.85 bits per heavy atom. The molecule has 106 valence electrons. The summed E-state index contributed by atoms with van der Waals surface area (Å²) in [4.78, 5) is 13.9. The number of fused-ring (bicyclic) bond motifs is 2. The number of carbonyl (C=O) groups excluding carboxylic acids is 1. The van der Waals surface area contributed by atoms with Crippen molar-refractivity contribution >= 4 is 17.5 Å². The summed E-state index contributed by atoms with van der Waals surface area (Å²) in [5.41, 5.74) is 0. The van der Waals surface area contributed by atoms with Crippen LogP contribution in [0.4, 0.5) is 0 Å². The maximum Gasteiger partial charge on any atom is 0.235 e. The first kappa shape index (κ1) is 13.9. The van der Waals surface area contributed by atoms with Gasteiger partial charge in [-0.2, -0.15) is 0 Å². The molecule has 3 aliphatic carbocycles. The summed E-state index contributed by atoms with van der Waals surface area (Å²) in [6.07, 6.45) is 4.99. The van der Waals surface area contributed by atoms with Crippen molar-refractivity contribution in [2.75, 3.05) is 14.2 Å². The number of ether oxygens (including phenoxy) is 2. The average Bonchev–Trinajstić information content (AvgIpc) is 2.50. The monoisotopic (exact) mass is 290 g/mol. The molecule has 0 heterocycles. The number of carbonyl (C=O) groups is 1. The zero-order valence-electron chi connectivity index (χ0n) is 11.6. The van der Waals surface area contributed by atoms with Crippen LogP contribution >= 0.6 is 11.8 Å². The Labute approximate surface area is 123 Å². The highest BCUT2D eigenvalue weighted by Crippen LogP contribution is 2.48. The predicted octanol–water partition coefficient (Wildman–Crippen LogP) is 2.91. The van der Waals surface area contributed by atoms with Gasteiger partial charge in [0.25, 0.3) is 0 Å². The molecule has 1 aromatic rings. The highest BCUT2D eigenvalue weighted by atomic mass is 32.2. The first-order chi connectivity index (χ1) is 9.71. The van der Waals surface area contributed by atoms with E-state index in [9.17, 15) is 4.79 Å². The van der Waals surface area contributed by atoms with Crippen molar-refractivity contribution in [3.63, 3.8) is 0 Å². The number of hydrogen-bond acceptors (Lipinski definition) is 4. The van der Waals surface area contributed by atoms with Crippen LogP contribution in [0.1, 0.15) is 6.42 Å². The Balaban J connectivity index is 1.84. The second kappa shape index (κ2) is 5.35. The Hall–Kier alpha value is -1.10. The van der Waals surface area contributed by atoms with Gasteiger partial charge in [0.15, 0.2) is 5.78 Å². The lowest BCUT2D eigenvalue weighted by atomic mass is 9.70. The van der Waals surface area contributed by atoms with Gasteiger partial charge in [0.2, 0.25) is 5.79 Å². The van der Waals surface area contributed by atoms with Crippen molar-refractivity contribution in [2.24, 2.45) is 11.8 Å². The maximum absolute atomic E-state index is 12.7. The smallest absolute Gasteiger partial charge is 0.235 e. The maximum atomic E-state index is 12.7. The number of ketones is 1. The van der Waals surface area contributed by atoms with Gasteiger partial charge in [-0.05, 0) is 18.6 Å². The molecule has 4 rings (SSSR count). The number of Topliss-reactive ketones (excluding diaryl/α,β-unsaturated/α-hetero) is 1. The molecule has 4 heteroatoms. The first-order valence-corrected chi connectivity index (χ1v) is 7.64. The van der Waals surface area contributed by atoms with E-state index < -0.39 is 5.79 Å².